The topological polar surface area (TPSA) is 87.7 Å². The van der Waals surface area contributed by atoms with Crippen LogP contribution in [-0.4, -0.2) is 40.7 Å². The third-order valence-electron chi connectivity index (χ3n) is 4.61. The first-order valence-corrected chi connectivity index (χ1v) is 8.82. The fraction of sp³-hybridized carbons (Fsp3) is 0.474. The number of aromatic nitrogens is 2. The van der Waals surface area contributed by atoms with Crippen LogP contribution in [0.2, 0.25) is 0 Å². The first-order valence-electron chi connectivity index (χ1n) is 8.82. The van der Waals surface area contributed by atoms with Crippen molar-refractivity contribution in [1.29, 1.82) is 0 Å². The molecule has 1 aromatic carbocycles. The molecular weight excluding hydrogens is 334 g/mol. The standard InChI is InChI=1S/C19H25N3O4/c1-4-5-17-20-14-11-22(7-6-13(14)19(24)21-17)10-12-8-15(23)18(26-3)16(9-12)25-2/h8-9,23H,4-7,10-11H2,1-3H3,(H,20,21,24). The van der Waals surface area contributed by atoms with E-state index in [1.807, 2.05) is 6.07 Å². The lowest BCUT2D eigenvalue weighted by molar-refractivity contribution is 0.239. The van der Waals surface area contributed by atoms with Crippen LogP contribution < -0.4 is 15.0 Å². The molecule has 140 valence electrons. The van der Waals surface area contributed by atoms with Crippen LogP contribution >= 0.6 is 0 Å². The summed E-state index contributed by atoms with van der Waals surface area (Å²) in [4.78, 5) is 22.0. The van der Waals surface area contributed by atoms with Gasteiger partial charge in [0.25, 0.3) is 5.56 Å². The van der Waals surface area contributed by atoms with E-state index >= 15 is 0 Å². The van der Waals surface area contributed by atoms with E-state index in [9.17, 15) is 9.90 Å². The zero-order valence-electron chi connectivity index (χ0n) is 15.5. The van der Waals surface area contributed by atoms with Crippen molar-refractivity contribution in [3.63, 3.8) is 0 Å². The molecule has 0 atom stereocenters. The second-order valence-corrected chi connectivity index (χ2v) is 6.50. The molecule has 1 aromatic heterocycles. The van der Waals surface area contributed by atoms with E-state index in [1.54, 1.807) is 13.2 Å². The van der Waals surface area contributed by atoms with Crippen molar-refractivity contribution >= 4 is 0 Å². The zero-order chi connectivity index (χ0) is 18.7. The minimum atomic E-state index is -0.0122. The van der Waals surface area contributed by atoms with Crippen LogP contribution in [0.4, 0.5) is 0 Å². The molecule has 0 fully saturated rings. The maximum Gasteiger partial charge on any atom is 0.254 e. The van der Waals surface area contributed by atoms with Crippen molar-refractivity contribution in [3.8, 4) is 17.2 Å². The monoisotopic (exact) mass is 359 g/mol. The number of aromatic hydroxyl groups is 1. The molecule has 2 N–H and O–H groups in total. The minimum absolute atomic E-state index is 0.0122. The van der Waals surface area contributed by atoms with Crippen LogP contribution in [0.15, 0.2) is 16.9 Å². The average Bonchev–Trinajstić information content (AvgIpc) is 2.61. The molecule has 0 spiro atoms. The van der Waals surface area contributed by atoms with E-state index in [0.29, 0.717) is 31.0 Å². The van der Waals surface area contributed by atoms with Crippen molar-refractivity contribution in [3.05, 3.63) is 45.1 Å². The number of fused-ring (bicyclic) bond motifs is 1. The van der Waals surface area contributed by atoms with Crippen LogP contribution in [-0.2, 0) is 25.9 Å². The van der Waals surface area contributed by atoms with Gasteiger partial charge in [-0.05, 0) is 30.5 Å². The second kappa shape index (κ2) is 7.78. The van der Waals surface area contributed by atoms with E-state index in [1.165, 1.54) is 7.11 Å². The highest BCUT2D eigenvalue weighted by Crippen LogP contribution is 2.37. The van der Waals surface area contributed by atoms with Crippen LogP contribution in [0.25, 0.3) is 0 Å². The van der Waals surface area contributed by atoms with Crippen molar-refractivity contribution < 1.29 is 14.6 Å². The Bertz CT molecular complexity index is 847. The van der Waals surface area contributed by atoms with E-state index in [-0.39, 0.29) is 11.3 Å². The first-order chi connectivity index (χ1) is 12.5. The van der Waals surface area contributed by atoms with Crippen LogP contribution in [0.5, 0.6) is 17.2 Å². The number of benzene rings is 1. The van der Waals surface area contributed by atoms with E-state index in [4.69, 9.17) is 9.47 Å². The highest BCUT2D eigenvalue weighted by molar-refractivity contribution is 5.53. The normalized spacial score (nSPS) is 14.1. The van der Waals surface area contributed by atoms with Gasteiger partial charge in [0.05, 0.1) is 19.9 Å². The predicted octanol–water partition coefficient (Wildman–Crippen LogP) is 2.00. The minimum Gasteiger partial charge on any atom is -0.504 e. The molecule has 0 saturated heterocycles. The number of hydrogen-bond acceptors (Lipinski definition) is 6. The molecule has 3 rings (SSSR count). The summed E-state index contributed by atoms with van der Waals surface area (Å²) in [5, 5.41) is 10.1. The molecule has 1 aliphatic heterocycles. The maximum atomic E-state index is 12.2. The smallest absolute Gasteiger partial charge is 0.254 e. The lowest BCUT2D eigenvalue weighted by atomic mass is 10.0. The van der Waals surface area contributed by atoms with Crippen molar-refractivity contribution in [1.82, 2.24) is 14.9 Å². The summed E-state index contributed by atoms with van der Waals surface area (Å²) in [6.07, 6.45) is 2.38. The molecule has 0 saturated carbocycles. The Balaban J connectivity index is 1.81. The summed E-state index contributed by atoms with van der Waals surface area (Å²) < 4.78 is 10.5. The number of ether oxygens (including phenoxy) is 2. The molecule has 26 heavy (non-hydrogen) atoms. The highest BCUT2D eigenvalue weighted by Gasteiger charge is 2.22. The molecular formula is C19H25N3O4. The number of phenols is 1. The van der Waals surface area contributed by atoms with Crippen molar-refractivity contribution in [2.24, 2.45) is 0 Å². The number of hydrogen-bond donors (Lipinski definition) is 2. The average molecular weight is 359 g/mol. The molecule has 7 heteroatoms. The molecule has 0 aliphatic carbocycles. The summed E-state index contributed by atoms with van der Waals surface area (Å²) >= 11 is 0. The summed E-state index contributed by atoms with van der Waals surface area (Å²) in [6, 6.07) is 3.55. The number of rotatable bonds is 6. The summed E-state index contributed by atoms with van der Waals surface area (Å²) in [6.45, 7) is 4.07. The molecule has 2 aromatic rings. The third-order valence-corrected chi connectivity index (χ3v) is 4.61. The molecule has 2 heterocycles. The molecule has 1 aliphatic rings. The Hall–Kier alpha value is -2.54. The van der Waals surface area contributed by atoms with Gasteiger partial charge in [0.2, 0.25) is 5.75 Å². The number of H-pyrrole nitrogens is 1. The van der Waals surface area contributed by atoms with Gasteiger partial charge >= 0.3 is 0 Å². The first kappa shape index (κ1) is 18.3. The third kappa shape index (κ3) is 3.67. The molecule has 0 unspecified atom stereocenters. The lowest BCUT2D eigenvalue weighted by Gasteiger charge is -2.28. The molecule has 0 radical (unpaired) electrons. The van der Waals surface area contributed by atoms with E-state index in [0.717, 1.165) is 42.0 Å². The zero-order valence-corrected chi connectivity index (χ0v) is 15.5. The maximum absolute atomic E-state index is 12.2. The van der Waals surface area contributed by atoms with Gasteiger partial charge in [-0.1, -0.05) is 6.92 Å². The second-order valence-electron chi connectivity index (χ2n) is 6.50. The Morgan fingerprint density at radius 2 is 2.12 bits per heavy atom. The Kier molecular flexibility index (Phi) is 5.46. The number of aryl methyl sites for hydroxylation is 1. The highest BCUT2D eigenvalue weighted by atomic mass is 16.5. The number of nitrogens with zero attached hydrogens (tertiary/aromatic N) is 2. The Morgan fingerprint density at radius 1 is 1.31 bits per heavy atom. The quantitative estimate of drug-likeness (QED) is 0.820. The fourth-order valence-electron chi connectivity index (χ4n) is 3.38. The van der Waals surface area contributed by atoms with Crippen LogP contribution in [0, 0.1) is 0 Å². The number of nitrogens with one attached hydrogen (secondary N) is 1. The molecule has 0 bridgehead atoms. The molecule has 7 nitrogen and oxygen atoms in total. The van der Waals surface area contributed by atoms with Gasteiger partial charge in [-0.2, -0.15) is 0 Å². The van der Waals surface area contributed by atoms with Crippen LogP contribution in [0.1, 0.15) is 36.0 Å². The SMILES string of the molecule is CCCc1nc2c(c(=O)[nH]1)CCN(Cc1cc(O)c(OC)c(OC)c1)C2. The van der Waals surface area contributed by atoms with Gasteiger partial charge in [0.15, 0.2) is 11.5 Å². The van der Waals surface area contributed by atoms with Gasteiger partial charge in [0.1, 0.15) is 5.82 Å². The fourth-order valence-corrected chi connectivity index (χ4v) is 3.38. The van der Waals surface area contributed by atoms with Gasteiger partial charge in [-0.25, -0.2) is 4.98 Å². The van der Waals surface area contributed by atoms with Crippen LogP contribution in [0.3, 0.4) is 0 Å². The Labute approximate surface area is 152 Å². The van der Waals surface area contributed by atoms with Gasteiger partial charge in [0, 0.05) is 31.6 Å². The Morgan fingerprint density at radius 3 is 2.81 bits per heavy atom. The van der Waals surface area contributed by atoms with Gasteiger partial charge in [-0.15, -0.1) is 0 Å². The number of aromatic amines is 1. The van der Waals surface area contributed by atoms with E-state index in [2.05, 4.69) is 21.8 Å². The summed E-state index contributed by atoms with van der Waals surface area (Å²) in [7, 11) is 3.04. The predicted molar refractivity (Wildman–Crippen MR) is 97.9 cm³/mol. The lowest BCUT2D eigenvalue weighted by Crippen LogP contribution is -2.35. The van der Waals surface area contributed by atoms with Gasteiger partial charge < -0.3 is 19.6 Å². The largest absolute Gasteiger partial charge is 0.504 e. The van der Waals surface area contributed by atoms with Crippen molar-refractivity contribution in [2.45, 2.75) is 39.3 Å². The van der Waals surface area contributed by atoms with Crippen molar-refractivity contribution in [2.75, 3.05) is 20.8 Å². The molecule has 0 amide bonds. The number of methoxy groups -OCH3 is 2. The summed E-state index contributed by atoms with van der Waals surface area (Å²) in [5.41, 5.74) is 2.55. The number of phenolic OH excluding ortho intramolecular Hbond substituents is 1. The summed E-state index contributed by atoms with van der Waals surface area (Å²) in [5.74, 6) is 1.64. The van der Waals surface area contributed by atoms with Gasteiger partial charge in [-0.3, -0.25) is 9.69 Å². The van der Waals surface area contributed by atoms with E-state index < -0.39 is 0 Å².